The molecule has 5 nitrogen and oxygen atoms in total. The largest absolute Gasteiger partial charge is 0.452 e. The maximum atomic E-state index is 12.2. The van der Waals surface area contributed by atoms with Crippen LogP contribution in [0.3, 0.4) is 0 Å². The van der Waals surface area contributed by atoms with Crippen molar-refractivity contribution in [2.75, 3.05) is 11.9 Å². The highest BCUT2D eigenvalue weighted by Gasteiger charge is 2.12. The van der Waals surface area contributed by atoms with Gasteiger partial charge in [0.05, 0.1) is 5.69 Å². The van der Waals surface area contributed by atoms with Crippen LogP contribution in [0.25, 0.3) is 0 Å². The number of hydrogen-bond donors (Lipinski definition) is 1. The number of anilines is 1. The van der Waals surface area contributed by atoms with Crippen LogP contribution >= 0.6 is 0 Å². The van der Waals surface area contributed by atoms with E-state index in [-0.39, 0.29) is 11.4 Å². The minimum Gasteiger partial charge on any atom is -0.452 e. The van der Waals surface area contributed by atoms with E-state index in [0.29, 0.717) is 0 Å². The Balaban J connectivity index is 2.53. The van der Waals surface area contributed by atoms with Gasteiger partial charge in [0.25, 0.3) is 5.91 Å². The molecule has 0 unspecified atom stereocenters. The zero-order valence-electron chi connectivity index (χ0n) is 11.8. The maximum Gasteiger partial charge on any atom is 0.387 e. The molecule has 0 saturated carbocycles. The van der Waals surface area contributed by atoms with Gasteiger partial charge in [-0.1, -0.05) is 30.4 Å². The van der Waals surface area contributed by atoms with Crippen LogP contribution in [-0.2, 0) is 14.3 Å². The first-order valence-corrected chi connectivity index (χ1v) is 6.32. The van der Waals surface area contributed by atoms with Crippen molar-refractivity contribution in [2.45, 2.75) is 13.5 Å². The molecule has 1 N–H and O–H groups in total. The molecule has 0 spiro atoms. The average molecular weight is 311 g/mol. The highest BCUT2D eigenvalue weighted by molar-refractivity contribution is 5.94. The van der Waals surface area contributed by atoms with E-state index in [1.165, 1.54) is 24.3 Å². The molecule has 1 rings (SSSR count). The molecule has 0 aliphatic carbocycles. The van der Waals surface area contributed by atoms with Crippen LogP contribution in [0.5, 0.6) is 5.75 Å². The number of para-hydroxylation sites is 2. The first-order chi connectivity index (χ1) is 10.5. The molecule has 0 aliphatic heterocycles. The Kier molecular flexibility index (Phi) is 7.32. The van der Waals surface area contributed by atoms with Crippen molar-refractivity contribution in [3.05, 3.63) is 48.6 Å². The van der Waals surface area contributed by atoms with E-state index in [1.54, 1.807) is 25.1 Å². The van der Waals surface area contributed by atoms with Gasteiger partial charge in [-0.2, -0.15) is 8.78 Å². The van der Waals surface area contributed by atoms with Crippen LogP contribution < -0.4 is 10.1 Å². The van der Waals surface area contributed by atoms with Gasteiger partial charge in [0.1, 0.15) is 5.75 Å². The van der Waals surface area contributed by atoms with Gasteiger partial charge in [-0.15, -0.1) is 0 Å². The van der Waals surface area contributed by atoms with Crippen LogP contribution in [0.2, 0.25) is 0 Å². The molecule has 7 heteroatoms. The third-order valence-corrected chi connectivity index (χ3v) is 2.26. The number of carbonyl (C=O) groups excluding carboxylic acids is 2. The van der Waals surface area contributed by atoms with Gasteiger partial charge in [-0.3, -0.25) is 4.79 Å². The summed E-state index contributed by atoms with van der Waals surface area (Å²) in [5, 5.41) is 2.33. The Hall–Kier alpha value is -2.70. The van der Waals surface area contributed by atoms with Crippen LogP contribution in [0.4, 0.5) is 14.5 Å². The highest BCUT2D eigenvalue weighted by Crippen LogP contribution is 2.25. The van der Waals surface area contributed by atoms with Gasteiger partial charge in [0.2, 0.25) is 0 Å². The molecule has 0 heterocycles. The molecule has 1 amide bonds. The number of nitrogens with one attached hydrogen (secondary N) is 1. The van der Waals surface area contributed by atoms with Crippen molar-refractivity contribution in [3.63, 3.8) is 0 Å². The van der Waals surface area contributed by atoms with Crippen LogP contribution in [0.1, 0.15) is 6.92 Å². The molecule has 0 saturated heterocycles. The number of amides is 1. The van der Waals surface area contributed by atoms with Gasteiger partial charge < -0.3 is 14.8 Å². The van der Waals surface area contributed by atoms with E-state index >= 15 is 0 Å². The summed E-state index contributed by atoms with van der Waals surface area (Å²) >= 11 is 0. The predicted octanol–water partition coefficient (Wildman–Crippen LogP) is 2.90. The number of rotatable bonds is 7. The molecule has 1 aromatic rings. The van der Waals surface area contributed by atoms with Gasteiger partial charge >= 0.3 is 12.6 Å². The Morgan fingerprint density at radius 2 is 2.00 bits per heavy atom. The standard InChI is InChI=1S/C15H15F2NO4/c1-2-3-4-9-14(20)21-10-13(19)18-11-7-5-6-8-12(11)22-15(16)17/h2-9,15H,10H2,1H3,(H,18,19)/b3-2+,9-4+. The lowest BCUT2D eigenvalue weighted by Gasteiger charge is -2.11. The average Bonchev–Trinajstić information content (AvgIpc) is 2.47. The highest BCUT2D eigenvalue weighted by atomic mass is 19.3. The van der Waals surface area contributed by atoms with E-state index in [4.69, 9.17) is 0 Å². The van der Waals surface area contributed by atoms with Crippen molar-refractivity contribution >= 4 is 17.6 Å². The summed E-state index contributed by atoms with van der Waals surface area (Å²) in [6.45, 7) is -1.77. The fourth-order valence-corrected chi connectivity index (χ4v) is 1.38. The summed E-state index contributed by atoms with van der Waals surface area (Å²) in [6, 6.07) is 5.70. The molecule has 1 aromatic carbocycles. The zero-order valence-corrected chi connectivity index (χ0v) is 11.8. The Bertz CT molecular complexity index is 570. The molecular weight excluding hydrogens is 296 g/mol. The fraction of sp³-hybridized carbons (Fsp3) is 0.200. The lowest BCUT2D eigenvalue weighted by atomic mass is 10.3. The van der Waals surface area contributed by atoms with Gasteiger partial charge in [0.15, 0.2) is 6.61 Å². The van der Waals surface area contributed by atoms with Crippen molar-refractivity contribution < 1.29 is 27.8 Å². The number of benzene rings is 1. The molecule has 0 bridgehead atoms. The molecule has 0 atom stereocenters. The summed E-state index contributed by atoms with van der Waals surface area (Å²) in [6.07, 6.45) is 5.96. The number of alkyl halides is 2. The number of ether oxygens (including phenoxy) is 2. The zero-order chi connectivity index (χ0) is 16.4. The van der Waals surface area contributed by atoms with Crippen molar-refractivity contribution in [3.8, 4) is 5.75 Å². The van der Waals surface area contributed by atoms with Crippen molar-refractivity contribution in [1.82, 2.24) is 0 Å². The first kappa shape index (κ1) is 17.4. The van der Waals surface area contributed by atoms with Gasteiger partial charge in [-0.05, 0) is 19.1 Å². The molecule has 0 aliphatic rings. The number of allylic oxidation sites excluding steroid dienone is 3. The summed E-state index contributed by atoms with van der Waals surface area (Å²) in [4.78, 5) is 22.9. The van der Waals surface area contributed by atoms with Gasteiger partial charge in [-0.25, -0.2) is 4.79 Å². The summed E-state index contributed by atoms with van der Waals surface area (Å²) in [7, 11) is 0. The number of carbonyl (C=O) groups is 2. The number of hydrogen-bond acceptors (Lipinski definition) is 4. The molecule has 22 heavy (non-hydrogen) atoms. The number of esters is 1. The topological polar surface area (TPSA) is 64.6 Å². The lowest BCUT2D eigenvalue weighted by molar-refractivity contribution is -0.142. The SMILES string of the molecule is C/C=C/C=C/C(=O)OCC(=O)Nc1ccccc1OC(F)F. The van der Waals surface area contributed by atoms with E-state index in [0.717, 1.165) is 6.08 Å². The van der Waals surface area contributed by atoms with Crippen molar-refractivity contribution in [2.24, 2.45) is 0 Å². The fourth-order valence-electron chi connectivity index (χ4n) is 1.38. The second-order valence-electron chi connectivity index (χ2n) is 3.92. The van der Waals surface area contributed by atoms with E-state index in [1.807, 2.05) is 0 Å². The summed E-state index contributed by atoms with van der Waals surface area (Å²) in [5.41, 5.74) is 0.0632. The quantitative estimate of drug-likeness (QED) is 0.478. The minimum atomic E-state index is -3.01. The molecular formula is C15H15F2NO4. The number of halogens is 2. The van der Waals surface area contributed by atoms with Crippen molar-refractivity contribution in [1.29, 1.82) is 0 Å². The summed E-state index contributed by atoms with van der Waals surface area (Å²) in [5.74, 6) is -1.53. The molecule has 118 valence electrons. The van der Waals surface area contributed by atoms with Crippen LogP contribution in [0, 0.1) is 0 Å². The third-order valence-electron chi connectivity index (χ3n) is 2.26. The van der Waals surface area contributed by atoms with E-state index < -0.39 is 25.1 Å². The maximum absolute atomic E-state index is 12.2. The molecule has 0 fully saturated rings. The minimum absolute atomic E-state index is 0.0632. The normalized spacial score (nSPS) is 11.1. The van der Waals surface area contributed by atoms with E-state index in [2.05, 4.69) is 14.8 Å². The molecule has 0 aromatic heterocycles. The second-order valence-corrected chi connectivity index (χ2v) is 3.92. The summed E-state index contributed by atoms with van der Waals surface area (Å²) < 4.78 is 33.4. The second kappa shape index (κ2) is 9.28. The molecule has 0 radical (unpaired) electrons. The third kappa shape index (κ3) is 6.65. The van der Waals surface area contributed by atoms with Gasteiger partial charge in [0, 0.05) is 6.08 Å². The van der Waals surface area contributed by atoms with Crippen LogP contribution in [-0.4, -0.2) is 25.1 Å². The smallest absolute Gasteiger partial charge is 0.387 e. The predicted molar refractivity (Wildman–Crippen MR) is 76.6 cm³/mol. The Morgan fingerprint density at radius 3 is 2.68 bits per heavy atom. The van der Waals surface area contributed by atoms with E-state index in [9.17, 15) is 18.4 Å². The Labute approximate surface area is 126 Å². The Morgan fingerprint density at radius 1 is 1.27 bits per heavy atom. The lowest BCUT2D eigenvalue weighted by Crippen LogP contribution is -2.20. The monoisotopic (exact) mass is 311 g/mol. The van der Waals surface area contributed by atoms with Crippen LogP contribution in [0.15, 0.2) is 48.6 Å². The first-order valence-electron chi connectivity index (χ1n) is 6.32.